The molecule has 0 aromatic rings. The van der Waals surface area contributed by atoms with Crippen LogP contribution in [0.5, 0.6) is 0 Å². The first-order valence-electron chi connectivity index (χ1n) is 6.57. The molecular weight excluding hydrogens is 186 g/mol. The molecule has 2 fully saturated rings. The van der Waals surface area contributed by atoms with Gasteiger partial charge in [-0.3, -0.25) is 0 Å². The van der Waals surface area contributed by atoms with Gasteiger partial charge in [-0.25, -0.2) is 0 Å². The minimum Gasteiger partial charge on any atom is -0.396 e. The highest BCUT2D eigenvalue weighted by Crippen LogP contribution is 2.41. The highest BCUT2D eigenvalue weighted by atomic mass is 16.3. The van der Waals surface area contributed by atoms with Crippen molar-refractivity contribution in [2.75, 3.05) is 19.7 Å². The summed E-state index contributed by atoms with van der Waals surface area (Å²) >= 11 is 0. The fraction of sp³-hybridized carbons (Fsp3) is 1.00. The second-order valence-corrected chi connectivity index (χ2v) is 5.67. The zero-order valence-corrected chi connectivity index (χ0v) is 10.2. The lowest BCUT2D eigenvalue weighted by molar-refractivity contribution is -0.00288. The van der Waals surface area contributed by atoms with E-state index >= 15 is 0 Å². The minimum absolute atomic E-state index is 0.388. The summed E-state index contributed by atoms with van der Waals surface area (Å²) in [5.74, 6) is 2.55. The number of likely N-dealkylation sites (tertiary alicyclic amines) is 1. The lowest BCUT2D eigenvalue weighted by atomic mass is 9.67. The highest BCUT2D eigenvalue weighted by Gasteiger charge is 2.39. The van der Waals surface area contributed by atoms with E-state index in [0.717, 1.165) is 24.2 Å². The Morgan fingerprint density at radius 1 is 1.20 bits per heavy atom. The van der Waals surface area contributed by atoms with Crippen molar-refractivity contribution < 1.29 is 5.11 Å². The monoisotopic (exact) mass is 211 g/mol. The Morgan fingerprint density at radius 2 is 1.80 bits per heavy atom. The van der Waals surface area contributed by atoms with Gasteiger partial charge < -0.3 is 10.0 Å². The van der Waals surface area contributed by atoms with E-state index in [4.69, 9.17) is 5.11 Å². The smallest absolute Gasteiger partial charge is 0.0433 e. The molecule has 2 unspecified atom stereocenters. The summed E-state index contributed by atoms with van der Waals surface area (Å²) in [6, 6.07) is 0.697. The molecule has 2 heteroatoms. The largest absolute Gasteiger partial charge is 0.396 e. The van der Waals surface area contributed by atoms with E-state index in [1.54, 1.807) is 0 Å². The van der Waals surface area contributed by atoms with Gasteiger partial charge >= 0.3 is 0 Å². The molecule has 2 atom stereocenters. The van der Waals surface area contributed by atoms with Crippen LogP contribution < -0.4 is 0 Å². The van der Waals surface area contributed by atoms with E-state index in [1.807, 2.05) is 0 Å². The van der Waals surface area contributed by atoms with Gasteiger partial charge in [0, 0.05) is 25.7 Å². The summed E-state index contributed by atoms with van der Waals surface area (Å²) in [5.41, 5.74) is 0. The van der Waals surface area contributed by atoms with Crippen molar-refractivity contribution in [2.45, 2.75) is 45.6 Å². The molecule has 2 bridgehead atoms. The van der Waals surface area contributed by atoms with Crippen molar-refractivity contribution in [1.29, 1.82) is 0 Å². The van der Waals surface area contributed by atoms with Gasteiger partial charge in [0.25, 0.3) is 0 Å². The van der Waals surface area contributed by atoms with Crippen LogP contribution in [-0.2, 0) is 0 Å². The number of aliphatic hydroxyl groups is 1. The van der Waals surface area contributed by atoms with Crippen molar-refractivity contribution >= 4 is 0 Å². The van der Waals surface area contributed by atoms with Crippen LogP contribution in [0.3, 0.4) is 0 Å². The molecule has 0 spiro atoms. The van der Waals surface area contributed by atoms with Crippen LogP contribution in [0.25, 0.3) is 0 Å². The number of fused-ring (bicyclic) bond motifs is 2. The topological polar surface area (TPSA) is 23.5 Å². The number of nitrogens with zero attached hydrogens (tertiary/aromatic N) is 1. The average molecular weight is 211 g/mol. The number of hydrogen-bond donors (Lipinski definition) is 1. The Labute approximate surface area is 93.7 Å². The minimum atomic E-state index is 0.388. The highest BCUT2D eigenvalue weighted by molar-refractivity contribution is 4.91. The third kappa shape index (κ3) is 2.36. The predicted molar refractivity (Wildman–Crippen MR) is 62.7 cm³/mol. The van der Waals surface area contributed by atoms with E-state index in [1.165, 1.54) is 32.4 Å². The van der Waals surface area contributed by atoms with Crippen molar-refractivity contribution in [3.63, 3.8) is 0 Å². The van der Waals surface area contributed by atoms with Gasteiger partial charge in [0.2, 0.25) is 0 Å². The van der Waals surface area contributed by atoms with Crippen LogP contribution in [0.4, 0.5) is 0 Å². The summed E-state index contributed by atoms with van der Waals surface area (Å²) in [5, 5.41) is 9.14. The third-order valence-electron chi connectivity index (χ3n) is 4.49. The second-order valence-electron chi connectivity index (χ2n) is 5.67. The molecule has 1 aliphatic heterocycles. The lowest BCUT2D eigenvalue weighted by Crippen LogP contribution is -2.50. The molecule has 2 nitrogen and oxygen atoms in total. The van der Waals surface area contributed by atoms with Crippen LogP contribution in [0.2, 0.25) is 0 Å². The predicted octanol–water partition coefficient (Wildman–Crippen LogP) is 2.13. The number of aliphatic hydroxyl groups excluding tert-OH is 1. The van der Waals surface area contributed by atoms with Crippen molar-refractivity contribution in [3.8, 4) is 0 Å². The Kier molecular flexibility index (Phi) is 3.68. The van der Waals surface area contributed by atoms with E-state index in [0.29, 0.717) is 12.6 Å². The second kappa shape index (κ2) is 4.84. The van der Waals surface area contributed by atoms with E-state index in [-0.39, 0.29) is 0 Å². The average Bonchev–Trinajstić information content (AvgIpc) is 2.17. The molecule has 88 valence electrons. The Bertz CT molecular complexity index is 191. The Hall–Kier alpha value is -0.0800. The molecule has 15 heavy (non-hydrogen) atoms. The summed E-state index contributed by atoms with van der Waals surface area (Å²) < 4.78 is 0. The molecule has 1 N–H and O–H groups in total. The standard InChI is InChI=1S/C13H25NO/c1-10(2)14-8-11-4-3-5-12(9-14)13(11)6-7-15/h10-13,15H,3-9H2,1-2H3. The maximum atomic E-state index is 9.14. The van der Waals surface area contributed by atoms with E-state index < -0.39 is 0 Å². The van der Waals surface area contributed by atoms with E-state index in [9.17, 15) is 0 Å². The number of hydrogen-bond acceptors (Lipinski definition) is 2. The van der Waals surface area contributed by atoms with Crippen LogP contribution in [-0.4, -0.2) is 35.7 Å². The summed E-state index contributed by atoms with van der Waals surface area (Å²) in [6.07, 6.45) is 5.25. The lowest BCUT2D eigenvalue weighted by Gasteiger charge is -2.48. The fourth-order valence-electron chi connectivity index (χ4n) is 3.63. The van der Waals surface area contributed by atoms with Crippen LogP contribution >= 0.6 is 0 Å². The molecule has 2 aliphatic rings. The maximum Gasteiger partial charge on any atom is 0.0433 e. The van der Waals surface area contributed by atoms with Crippen molar-refractivity contribution in [1.82, 2.24) is 4.90 Å². The summed E-state index contributed by atoms with van der Waals surface area (Å²) in [6.45, 7) is 7.56. The van der Waals surface area contributed by atoms with Crippen LogP contribution in [0.1, 0.15) is 39.5 Å². The first kappa shape index (κ1) is 11.4. The Balaban J connectivity index is 2.01. The summed E-state index contributed by atoms with van der Waals surface area (Å²) in [7, 11) is 0. The zero-order chi connectivity index (χ0) is 10.8. The Morgan fingerprint density at radius 3 is 2.27 bits per heavy atom. The molecular formula is C13H25NO. The molecule has 2 rings (SSSR count). The number of rotatable bonds is 3. The van der Waals surface area contributed by atoms with Crippen LogP contribution in [0, 0.1) is 17.8 Å². The normalized spacial score (nSPS) is 37.2. The number of piperidine rings is 1. The zero-order valence-electron chi connectivity index (χ0n) is 10.2. The molecule has 0 aromatic carbocycles. The molecule has 1 saturated carbocycles. The van der Waals surface area contributed by atoms with Gasteiger partial charge in [-0.05, 0) is 50.9 Å². The van der Waals surface area contributed by atoms with Crippen molar-refractivity contribution in [2.24, 2.45) is 17.8 Å². The molecule has 1 heterocycles. The van der Waals surface area contributed by atoms with Crippen molar-refractivity contribution in [3.05, 3.63) is 0 Å². The molecule has 0 amide bonds. The maximum absolute atomic E-state index is 9.14. The van der Waals surface area contributed by atoms with Gasteiger partial charge in [-0.2, -0.15) is 0 Å². The summed E-state index contributed by atoms with van der Waals surface area (Å²) in [4.78, 5) is 2.64. The third-order valence-corrected chi connectivity index (χ3v) is 4.49. The fourth-order valence-corrected chi connectivity index (χ4v) is 3.63. The SMILES string of the molecule is CC(C)N1CC2CCCC(C1)C2CCO. The first-order chi connectivity index (χ1) is 7.22. The van der Waals surface area contributed by atoms with E-state index in [2.05, 4.69) is 18.7 Å². The quantitative estimate of drug-likeness (QED) is 0.773. The molecule has 1 saturated heterocycles. The van der Waals surface area contributed by atoms with Gasteiger partial charge in [-0.15, -0.1) is 0 Å². The molecule has 0 radical (unpaired) electrons. The van der Waals surface area contributed by atoms with Gasteiger partial charge in [0.15, 0.2) is 0 Å². The first-order valence-corrected chi connectivity index (χ1v) is 6.57. The van der Waals surface area contributed by atoms with Gasteiger partial charge in [0.1, 0.15) is 0 Å². The van der Waals surface area contributed by atoms with Crippen LogP contribution in [0.15, 0.2) is 0 Å². The van der Waals surface area contributed by atoms with Gasteiger partial charge in [0.05, 0.1) is 0 Å². The molecule has 0 aromatic heterocycles. The molecule has 1 aliphatic carbocycles. The van der Waals surface area contributed by atoms with Gasteiger partial charge in [-0.1, -0.05) is 6.42 Å².